The normalized spacial score (nSPS) is 13.2. The summed E-state index contributed by atoms with van der Waals surface area (Å²) in [5.41, 5.74) is 0. The maximum atomic E-state index is 5.87. The van der Waals surface area contributed by atoms with Crippen molar-refractivity contribution in [1.29, 1.82) is 0 Å². The van der Waals surface area contributed by atoms with Crippen molar-refractivity contribution in [2.75, 3.05) is 6.54 Å². The molecule has 1 unspecified atom stereocenters. The molecule has 0 amide bonds. The van der Waals surface area contributed by atoms with Crippen LogP contribution in [0, 0.1) is 5.92 Å². The van der Waals surface area contributed by atoms with E-state index >= 15 is 0 Å². The Morgan fingerprint density at radius 3 is 2.29 bits per heavy atom. The van der Waals surface area contributed by atoms with Crippen LogP contribution in [0.5, 0.6) is 0 Å². The average Bonchev–Trinajstić information content (AvgIpc) is 2.83. The van der Waals surface area contributed by atoms with Crippen molar-refractivity contribution in [1.82, 2.24) is 5.32 Å². The second-order valence-electron chi connectivity index (χ2n) is 4.69. The van der Waals surface area contributed by atoms with Crippen molar-refractivity contribution in [2.45, 2.75) is 59.4 Å². The first kappa shape index (κ1) is 14.3. The van der Waals surface area contributed by atoms with Gasteiger partial charge in [0.25, 0.3) is 0 Å². The molecule has 0 radical (unpaired) electrons. The first-order valence-electron chi connectivity index (χ1n) is 7.06. The highest BCUT2D eigenvalue weighted by Gasteiger charge is 2.18. The van der Waals surface area contributed by atoms with Gasteiger partial charge in [-0.15, -0.1) is 0 Å². The zero-order valence-electron chi connectivity index (χ0n) is 11.8. The minimum atomic E-state index is 0.380. The van der Waals surface area contributed by atoms with Crippen molar-refractivity contribution < 1.29 is 4.42 Å². The lowest BCUT2D eigenvalue weighted by Gasteiger charge is -2.21. The Labute approximate surface area is 106 Å². The second kappa shape index (κ2) is 7.54. The van der Waals surface area contributed by atoms with E-state index in [4.69, 9.17) is 4.42 Å². The highest BCUT2D eigenvalue weighted by Crippen LogP contribution is 2.26. The Morgan fingerprint density at radius 2 is 1.82 bits per heavy atom. The van der Waals surface area contributed by atoms with Crippen LogP contribution < -0.4 is 5.32 Å². The van der Waals surface area contributed by atoms with Gasteiger partial charge in [-0.25, -0.2) is 0 Å². The van der Waals surface area contributed by atoms with E-state index in [0.717, 1.165) is 30.4 Å². The molecule has 98 valence electrons. The molecule has 0 saturated heterocycles. The number of aryl methyl sites for hydroxylation is 1. The molecule has 1 atom stereocenters. The Morgan fingerprint density at radius 1 is 1.12 bits per heavy atom. The van der Waals surface area contributed by atoms with Gasteiger partial charge in [0.2, 0.25) is 0 Å². The maximum absolute atomic E-state index is 5.87. The fourth-order valence-electron chi connectivity index (χ4n) is 2.27. The van der Waals surface area contributed by atoms with Gasteiger partial charge in [-0.1, -0.05) is 40.5 Å². The standard InChI is InChI=1S/C15H27NO/c1-5-12(6-2)11-14(16-8-4)15-10-9-13(7-3)17-15/h9-10,12,14,16H,5-8,11H2,1-4H3. The van der Waals surface area contributed by atoms with Gasteiger partial charge in [0.05, 0.1) is 6.04 Å². The first-order chi connectivity index (χ1) is 8.24. The monoisotopic (exact) mass is 237 g/mol. The van der Waals surface area contributed by atoms with Crippen molar-refractivity contribution >= 4 is 0 Å². The van der Waals surface area contributed by atoms with E-state index in [9.17, 15) is 0 Å². The zero-order valence-corrected chi connectivity index (χ0v) is 11.8. The van der Waals surface area contributed by atoms with Crippen molar-refractivity contribution in [3.63, 3.8) is 0 Å². The number of furan rings is 1. The Kier molecular flexibility index (Phi) is 6.35. The largest absolute Gasteiger partial charge is 0.464 e. The van der Waals surface area contributed by atoms with Gasteiger partial charge < -0.3 is 9.73 Å². The quantitative estimate of drug-likeness (QED) is 0.728. The molecule has 0 aliphatic carbocycles. The summed E-state index contributed by atoms with van der Waals surface area (Å²) in [4.78, 5) is 0. The van der Waals surface area contributed by atoms with Crippen LogP contribution >= 0.6 is 0 Å². The minimum Gasteiger partial charge on any atom is -0.464 e. The molecule has 0 bridgehead atoms. The third-order valence-corrected chi connectivity index (χ3v) is 3.55. The van der Waals surface area contributed by atoms with Gasteiger partial charge in [0.15, 0.2) is 0 Å². The summed E-state index contributed by atoms with van der Waals surface area (Å²) in [6.45, 7) is 9.83. The summed E-state index contributed by atoms with van der Waals surface area (Å²) in [5.74, 6) is 2.98. The van der Waals surface area contributed by atoms with Gasteiger partial charge in [0, 0.05) is 6.42 Å². The van der Waals surface area contributed by atoms with Crippen LogP contribution in [0.15, 0.2) is 16.5 Å². The van der Waals surface area contributed by atoms with E-state index < -0.39 is 0 Å². The molecule has 1 aromatic heterocycles. The molecular formula is C15H27NO. The summed E-state index contributed by atoms with van der Waals surface area (Å²) >= 11 is 0. The lowest BCUT2D eigenvalue weighted by Crippen LogP contribution is -2.23. The lowest BCUT2D eigenvalue weighted by molar-refractivity contribution is 0.325. The van der Waals surface area contributed by atoms with Crippen LogP contribution in [0.4, 0.5) is 0 Å². The summed E-state index contributed by atoms with van der Waals surface area (Å²) < 4.78 is 5.87. The van der Waals surface area contributed by atoms with Gasteiger partial charge in [-0.2, -0.15) is 0 Å². The molecular weight excluding hydrogens is 210 g/mol. The van der Waals surface area contributed by atoms with Gasteiger partial charge in [0.1, 0.15) is 11.5 Å². The highest BCUT2D eigenvalue weighted by atomic mass is 16.3. The molecule has 1 rings (SSSR count). The van der Waals surface area contributed by atoms with Crippen molar-refractivity contribution in [3.05, 3.63) is 23.7 Å². The first-order valence-corrected chi connectivity index (χ1v) is 7.06. The molecule has 0 spiro atoms. The molecule has 1 N–H and O–H groups in total. The molecule has 17 heavy (non-hydrogen) atoms. The summed E-state index contributed by atoms with van der Waals surface area (Å²) in [6, 6.07) is 4.62. The number of hydrogen-bond acceptors (Lipinski definition) is 2. The molecule has 2 heteroatoms. The van der Waals surface area contributed by atoms with Crippen LogP contribution in [0.25, 0.3) is 0 Å². The van der Waals surface area contributed by atoms with Crippen LogP contribution in [-0.2, 0) is 6.42 Å². The van der Waals surface area contributed by atoms with E-state index in [1.165, 1.54) is 19.3 Å². The van der Waals surface area contributed by atoms with Crippen molar-refractivity contribution in [3.8, 4) is 0 Å². The molecule has 2 nitrogen and oxygen atoms in total. The van der Waals surface area contributed by atoms with E-state index in [-0.39, 0.29) is 0 Å². The van der Waals surface area contributed by atoms with E-state index in [0.29, 0.717) is 6.04 Å². The zero-order chi connectivity index (χ0) is 12.7. The van der Waals surface area contributed by atoms with Crippen molar-refractivity contribution in [2.24, 2.45) is 5.92 Å². The smallest absolute Gasteiger partial charge is 0.121 e. The molecule has 1 aromatic rings. The predicted octanol–water partition coefficient (Wildman–Crippen LogP) is 4.32. The Balaban J connectivity index is 2.70. The van der Waals surface area contributed by atoms with E-state index in [2.05, 4.69) is 45.1 Å². The average molecular weight is 237 g/mol. The fraction of sp³-hybridized carbons (Fsp3) is 0.733. The second-order valence-corrected chi connectivity index (χ2v) is 4.69. The number of rotatable bonds is 8. The third kappa shape index (κ3) is 4.19. The highest BCUT2D eigenvalue weighted by molar-refractivity contribution is 5.11. The number of nitrogens with one attached hydrogen (secondary N) is 1. The minimum absolute atomic E-state index is 0.380. The topological polar surface area (TPSA) is 25.2 Å². The van der Waals surface area contributed by atoms with Gasteiger partial charge in [-0.05, 0) is 31.0 Å². The summed E-state index contributed by atoms with van der Waals surface area (Å²) in [6.07, 6.45) is 4.65. The number of hydrogen-bond donors (Lipinski definition) is 1. The molecule has 0 saturated carbocycles. The molecule has 1 heterocycles. The van der Waals surface area contributed by atoms with E-state index in [1.54, 1.807) is 0 Å². The van der Waals surface area contributed by atoms with E-state index in [1.807, 2.05) is 0 Å². The van der Waals surface area contributed by atoms with Gasteiger partial charge in [-0.3, -0.25) is 0 Å². The van der Waals surface area contributed by atoms with Gasteiger partial charge >= 0.3 is 0 Å². The summed E-state index contributed by atoms with van der Waals surface area (Å²) in [7, 11) is 0. The van der Waals surface area contributed by atoms with Crippen LogP contribution in [0.2, 0.25) is 0 Å². The third-order valence-electron chi connectivity index (χ3n) is 3.55. The Bertz CT molecular complexity index is 302. The maximum Gasteiger partial charge on any atom is 0.121 e. The molecule has 0 fully saturated rings. The predicted molar refractivity (Wildman–Crippen MR) is 73.2 cm³/mol. The molecule has 0 aliphatic rings. The fourth-order valence-corrected chi connectivity index (χ4v) is 2.27. The van der Waals surface area contributed by atoms with Crippen LogP contribution in [-0.4, -0.2) is 6.54 Å². The van der Waals surface area contributed by atoms with Crippen LogP contribution in [0.3, 0.4) is 0 Å². The molecule has 0 aliphatic heterocycles. The van der Waals surface area contributed by atoms with Crippen LogP contribution in [0.1, 0.15) is 64.5 Å². The molecule has 0 aromatic carbocycles. The lowest BCUT2D eigenvalue weighted by atomic mass is 9.93. The summed E-state index contributed by atoms with van der Waals surface area (Å²) in [5, 5.41) is 3.54. The SMILES string of the molecule is CCNC(CC(CC)CC)c1ccc(CC)o1. The Hall–Kier alpha value is -0.760.